The monoisotopic (exact) mass is 287 g/mol. The lowest BCUT2D eigenvalue weighted by atomic mass is 10.1. The predicted molar refractivity (Wildman–Crippen MR) is 82.5 cm³/mol. The van der Waals surface area contributed by atoms with Crippen molar-refractivity contribution in [2.75, 3.05) is 13.7 Å². The Hall–Kier alpha value is -2.14. The minimum Gasteiger partial charge on any atom is -0.494 e. The van der Waals surface area contributed by atoms with E-state index in [4.69, 9.17) is 4.74 Å². The fourth-order valence-electron chi connectivity index (χ4n) is 2.08. The fraction of sp³-hybridized carbons (Fsp3) is 0.375. The highest BCUT2D eigenvalue weighted by molar-refractivity contribution is 5.29. The van der Waals surface area contributed by atoms with Gasteiger partial charge in [0, 0.05) is 12.3 Å². The number of hydrogen-bond acceptors (Lipinski definition) is 4. The molecule has 21 heavy (non-hydrogen) atoms. The summed E-state index contributed by atoms with van der Waals surface area (Å²) in [5.41, 5.74) is 1.000. The molecule has 2 rings (SSSR count). The van der Waals surface area contributed by atoms with E-state index in [1.54, 1.807) is 12.3 Å². The third-order valence-electron chi connectivity index (χ3n) is 3.24. The third-order valence-corrected chi connectivity index (χ3v) is 3.24. The number of benzene rings is 1. The molecule has 0 aliphatic rings. The number of nitrogens with zero attached hydrogens (tertiary/aromatic N) is 2. The van der Waals surface area contributed by atoms with E-state index in [9.17, 15) is 4.79 Å². The smallest absolute Gasteiger partial charge is 0.266 e. The average molecular weight is 287 g/mol. The van der Waals surface area contributed by atoms with Gasteiger partial charge in [-0.25, -0.2) is 4.68 Å². The Morgan fingerprint density at radius 2 is 2.05 bits per heavy atom. The minimum atomic E-state index is -0.0966. The zero-order chi connectivity index (χ0) is 15.1. The number of likely N-dealkylation sites (N-methyl/N-ethyl adjacent to an activating group) is 1. The molecule has 5 heteroatoms. The van der Waals surface area contributed by atoms with Crippen LogP contribution in [0.1, 0.15) is 24.9 Å². The van der Waals surface area contributed by atoms with Crippen molar-refractivity contribution >= 4 is 0 Å². The highest BCUT2D eigenvalue weighted by Crippen LogP contribution is 2.18. The third kappa shape index (κ3) is 4.16. The summed E-state index contributed by atoms with van der Waals surface area (Å²) < 4.78 is 7.03. The summed E-state index contributed by atoms with van der Waals surface area (Å²) >= 11 is 0. The van der Waals surface area contributed by atoms with Gasteiger partial charge in [-0.15, -0.1) is 0 Å². The Labute approximate surface area is 124 Å². The molecule has 5 nitrogen and oxygen atoms in total. The molecule has 0 radical (unpaired) electrons. The zero-order valence-corrected chi connectivity index (χ0v) is 12.5. The van der Waals surface area contributed by atoms with Crippen LogP contribution in [-0.2, 0) is 6.54 Å². The SMILES string of the molecule is CCCOc1ccc(C(Cn2ncccc2=O)NC)cc1. The number of aromatic nitrogens is 2. The van der Waals surface area contributed by atoms with Crippen molar-refractivity contribution in [1.82, 2.24) is 15.1 Å². The van der Waals surface area contributed by atoms with Gasteiger partial charge in [0.25, 0.3) is 5.56 Å². The molecule has 1 heterocycles. The first-order chi connectivity index (χ1) is 10.2. The van der Waals surface area contributed by atoms with Gasteiger partial charge in [-0.2, -0.15) is 5.10 Å². The quantitative estimate of drug-likeness (QED) is 0.846. The molecular formula is C16H21N3O2. The van der Waals surface area contributed by atoms with Gasteiger partial charge in [0.2, 0.25) is 0 Å². The second-order valence-corrected chi connectivity index (χ2v) is 4.80. The number of rotatable bonds is 7. The normalized spacial score (nSPS) is 12.1. The maximum atomic E-state index is 11.7. The van der Waals surface area contributed by atoms with E-state index >= 15 is 0 Å². The maximum Gasteiger partial charge on any atom is 0.266 e. The maximum absolute atomic E-state index is 11.7. The van der Waals surface area contributed by atoms with Crippen molar-refractivity contribution in [3.63, 3.8) is 0 Å². The van der Waals surface area contributed by atoms with Gasteiger partial charge in [0.1, 0.15) is 5.75 Å². The minimum absolute atomic E-state index is 0.0258. The summed E-state index contributed by atoms with van der Waals surface area (Å²) in [6.07, 6.45) is 2.61. The van der Waals surface area contributed by atoms with Crippen molar-refractivity contribution < 1.29 is 4.74 Å². The van der Waals surface area contributed by atoms with Crippen LogP contribution in [0.3, 0.4) is 0 Å². The lowest BCUT2D eigenvalue weighted by molar-refractivity contribution is 0.317. The van der Waals surface area contributed by atoms with Crippen molar-refractivity contribution in [2.24, 2.45) is 0 Å². The van der Waals surface area contributed by atoms with Crippen molar-refractivity contribution in [1.29, 1.82) is 0 Å². The molecule has 1 aromatic carbocycles. The molecule has 1 unspecified atom stereocenters. The first-order valence-corrected chi connectivity index (χ1v) is 7.16. The van der Waals surface area contributed by atoms with Crippen LogP contribution in [0.15, 0.2) is 47.4 Å². The molecule has 1 aromatic heterocycles. The number of nitrogens with one attached hydrogen (secondary N) is 1. The van der Waals surface area contributed by atoms with E-state index < -0.39 is 0 Å². The summed E-state index contributed by atoms with van der Waals surface area (Å²) in [7, 11) is 1.88. The lowest BCUT2D eigenvalue weighted by Gasteiger charge is -2.17. The molecule has 0 bridgehead atoms. The van der Waals surface area contributed by atoms with Crippen molar-refractivity contribution in [3.05, 3.63) is 58.5 Å². The molecule has 1 atom stereocenters. The molecule has 0 spiro atoms. The second-order valence-electron chi connectivity index (χ2n) is 4.80. The van der Waals surface area contributed by atoms with Gasteiger partial charge >= 0.3 is 0 Å². The van der Waals surface area contributed by atoms with E-state index in [1.165, 1.54) is 10.7 Å². The van der Waals surface area contributed by atoms with Gasteiger partial charge in [0.15, 0.2) is 0 Å². The second kappa shape index (κ2) is 7.59. The molecule has 0 aliphatic heterocycles. The van der Waals surface area contributed by atoms with Crippen LogP contribution in [0.25, 0.3) is 0 Å². The van der Waals surface area contributed by atoms with Crippen LogP contribution in [0.4, 0.5) is 0 Å². The van der Waals surface area contributed by atoms with Crippen LogP contribution < -0.4 is 15.6 Å². The topological polar surface area (TPSA) is 56.2 Å². The fourth-order valence-corrected chi connectivity index (χ4v) is 2.08. The van der Waals surface area contributed by atoms with E-state index in [2.05, 4.69) is 17.3 Å². The van der Waals surface area contributed by atoms with Crippen molar-refractivity contribution in [3.8, 4) is 5.75 Å². The predicted octanol–water partition coefficient (Wildman–Crippen LogP) is 1.99. The first-order valence-electron chi connectivity index (χ1n) is 7.16. The Balaban J connectivity index is 2.10. The molecule has 112 valence electrons. The number of hydrogen-bond donors (Lipinski definition) is 1. The summed E-state index contributed by atoms with van der Waals surface area (Å²) in [5, 5.41) is 7.31. The molecule has 0 saturated carbocycles. The summed E-state index contributed by atoms with van der Waals surface area (Å²) in [6.45, 7) is 3.29. The van der Waals surface area contributed by atoms with E-state index in [0.717, 1.165) is 24.3 Å². The van der Waals surface area contributed by atoms with Gasteiger partial charge in [-0.1, -0.05) is 19.1 Å². The molecule has 0 saturated heterocycles. The van der Waals surface area contributed by atoms with Gasteiger partial charge in [0.05, 0.1) is 19.2 Å². The Morgan fingerprint density at radius 1 is 1.29 bits per heavy atom. The van der Waals surface area contributed by atoms with Crippen LogP contribution in [0, 0.1) is 0 Å². The average Bonchev–Trinajstić information content (AvgIpc) is 2.53. The van der Waals surface area contributed by atoms with Gasteiger partial charge in [-0.05, 0) is 37.2 Å². The van der Waals surface area contributed by atoms with E-state index in [1.807, 2.05) is 31.3 Å². The van der Waals surface area contributed by atoms with Crippen LogP contribution in [-0.4, -0.2) is 23.4 Å². The summed E-state index contributed by atoms with van der Waals surface area (Å²) in [5.74, 6) is 0.866. The van der Waals surface area contributed by atoms with E-state index in [-0.39, 0.29) is 11.6 Å². The molecule has 0 aliphatic carbocycles. The molecule has 0 amide bonds. The molecule has 2 aromatic rings. The highest BCUT2D eigenvalue weighted by atomic mass is 16.5. The number of ether oxygens (including phenoxy) is 1. The summed E-state index contributed by atoms with van der Waals surface area (Å²) in [6, 6.07) is 11.1. The Bertz CT molecular complexity index is 607. The lowest BCUT2D eigenvalue weighted by Crippen LogP contribution is -2.29. The molecule has 0 fully saturated rings. The van der Waals surface area contributed by atoms with Gasteiger partial charge < -0.3 is 10.1 Å². The van der Waals surface area contributed by atoms with E-state index in [0.29, 0.717) is 6.54 Å². The van der Waals surface area contributed by atoms with Gasteiger partial charge in [-0.3, -0.25) is 4.79 Å². The zero-order valence-electron chi connectivity index (χ0n) is 12.5. The molecule has 1 N–H and O–H groups in total. The molecular weight excluding hydrogens is 266 g/mol. The van der Waals surface area contributed by atoms with Crippen LogP contribution >= 0.6 is 0 Å². The Morgan fingerprint density at radius 3 is 2.67 bits per heavy atom. The van der Waals surface area contributed by atoms with Crippen LogP contribution in [0.2, 0.25) is 0 Å². The van der Waals surface area contributed by atoms with Crippen molar-refractivity contribution in [2.45, 2.75) is 25.9 Å². The first kappa shape index (κ1) is 15.3. The van der Waals surface area contributed by atoms with Crippen LogP contribution in [0.5, 0.6) is 5.75 Å². The Kier molecular flexibility index (Phi) is 5.51. The standard InChI is InChI=1S/C16H21N3O2/c1-3-11-21-14-8-6-13(7-9-14)15(17-2)12-19-16(20)5-4-10-18-19/h4-10,15,17H,3,11-12H2,1-2H3. The highest BCUT2D eigenvalue weighted by Gasteiger charge is 2.11. The summed E-state index contributed by atoms with van der Waals surface area (Å²) in [4.78, 5) is 11.7. The largest absolute Gasteiger partial charge is 0.494 e.